The number of anilines is 1. The van der Waals surface area contributed by atoms with Crippen LogP contribution in [0.25, 0.3) is 0 Å². The van der Waals surface area contributed by atoms with E-state index in [0.717, 1.165) is 0 Å². The number of hydrogen-bond donors (Lipinski definition) is 4. The second-order valence-electron chi connectivity index (χ2n) is 3.52. The molecule has 4 N–H and O–H groups in total. The van der Waals surface area contributed by atoms with Crippen molar-refractivity contribution in [2.24, 2.45) is 0 Å². The second kappa shape index (κ2) is 6.95. The number of amides is 1. The summed E-state index contributed by atoms with van der Waals surface area (Å²) in [5.41, 5.74) is 0.501. The predicted molar refractivity (Wildman–Crippen MR) is 61.0 cm³/mol. The van der Waals surface area contributed by atoms with E-state index in [1.165, 1.54) is 24.3 Å². The average molecular weight is 242 g/mol. The predicted octanol–water partition coefficient (Wildman–Crippen LogP) is -0.293. The lowest BCUT2D eigenvalue weighted by molar-refractivity contribution is -0.115. The van der Waals surface area contributed by atoms with E-state index in [0.29, 0.717) is 5.69 Å². The smallest absolute Gasteiger partial charge is 0.238 e. The topological polar surface area (TPSA) is 81.6 Å². The highest BCUT2D eigenvalue weighted by molar-refractivity contribution is 5.92. The molecule has 0 spiro atoms. The Hall–Kier alpha value is -1.50. The number of benzene rings is 1. The Labute approximate surface area is 98.3 Å². The van der Waals surface area contributed by atoms with Gasteiger partial charge in [0.25, 0.3) is 0 Å². The van der Waals surface area contributed by atoms with Gasteiger partial charge in [0, 0.05) is 12.2 Å². The average Bonchev–Trinajstić information content (AvgIpc) is 2.32. The maximum atomic E-state index is 12.6. The van der Waals surface area contributed by atoms with E-state index >= 15 is 0 Å². The van der Waals surface area contributed by atoms with Gasteiger partial charge in [-0.2, -0.15) is 0 Å². The molecular formula is C11H15FN2O3. The molecule has 94 valence electrons. The van der Waals surface area contributed by atoms with Gasteiger partial charge in [0.2, 0.25) is 5.91 Å². The van der Waals surface area contributed by atoms with Crippen LogP contribution in [0.2, 0.25) is 0 Å². The fourth-order valence-corrected chi connectivity index (χ4v) is 1.16. The van der Waals surface area contributed by atoms with Gasteiger partial charge in [-0.25, -0.2) is 4.39 Å². The maximum Gasteiger partial charge on any atom is 0.238 e. The number of carbonyl (C=O) groups excluding carboxylic acids is 1. The number of carbonyl (C=O) groups is 1. The first-order chi connectivity index (χ1) is 8.11. The lowest BCUT2D eigenvalue weighted by Crippen LogP contribution is -2.35. The monoisotopic (exact) mass is 242 g/mol. The zero-order chi connectivity index (χ0) is 12.7. The molecule has 0 aliphatic heterocycles. The number of hydrogen-bond acceptors (Lipinski definition) is 4. The zero-order valence-electron chi connectivity index (χ0n) is 9.19. The molecule has 17 heavy (non-hydrogen) atoms. The van der Waals surface area contributed by atoms with Crippen LogP contribution in [0.4, 0.5) is 10.1 Å². The first kappa shape index (κ1) is 13.6. The van der Waals surface area contributed by atoms with E-state index in [2.05, 4.69) is 10.6 Å². The summed E-state index contributed by atoms with van der Waals surface area (Å²) in [6.45, 7) is -0.214. The third kappa shape index (κ3) is 5.39. The molecule has 0 heterocycles. The van der Waals surface area contributed by atoms with Crippen LogP contribution >= 0.6 is 0 Å². The third-order valence-electron chi connectivity index (χ3n) is 2.00. The van der Waals surface area contributed by atoms with Gasteiger partial charge in [-0.05, 0) is 24.3 Å². The number of aliphatic hydroxyl groups excluding tert-OH is 2. The Morgan fingerprint density at radius 2 is 2.00 bits per heavy atom. The molecule has 0 fully saturated rings. The third-order valence-corrected chi connectivity index (χ3v) is 2.00. The summed E-state index contributed by atoms with van der Waals surface area (Å²) >= 11 is 0. The zero-order valence-corrected chi connectivity index (χ0v) is 9.19. The first-order valence-electron chi connectivity index (χ1n) is 5.17. The number of halogens is 1. The van der Waals surface area contributed by atoms with Gasteiger partial charge in [0.05, 0.1) is 19.3 Å². The van der Waals surface area contributed by atoms with Crippen LogP contribution in [0.15, 0.2) is 24.3 Å². The maximum absolute atomic E-state index is 12.6. The summed E-state index contributed by atoms with van der Waals surface area (Å²) < 4.78 is 12.6. The SMILES string of the molecule is O=C(CNCC(O)CO)Nc1ccc(F)cc1. The summed E-state index contributed by atoms with van der Waals surface area (Å²) in [7, 11) is 0. The molecule has 6 heteroatoms. The summed E-state index contributed by atoms with van der Waals surface area (Å²) in [5.74, 6) is -0.672. The van der Waals surface area contributed by atoms with Crippen molar-refractivity contribution in [2.45, 2.75) is 6.10 Å². The number of aliphatic hydroxyl groups is 2. The standard InChI is InChI=1S/C11H15FN2O3/c12-8-1-3-9(4-2-8)14-11(17)6-13-5-10(16)7-15/h1-4,10,13,15-16H,5-7H2,(H,14,17). The quantitative estimate of drug-likeness (QED) is 0.552. The Morgan fingerprint density at radius 3 is 2.59 bits per heavy atom. The molecule has 1 unspecified atom stereocenters. The van der Waals surface area contributed by atoms with Gasteiger partial charge in [-0.15, -0.1) is 0 Å². The van der Waals surface area contributed by atoms with Gasteiger partial charge in [0.1, 0.15) is 5.82 Å². The normalized spacial score (nSPS) is 12.2. The van der Waals surface area contributed by atoms with Gasteiger partial charge >= 0.3 is 0 Å². The first-order valence-corrected chi connectivity index (χ1v) is 5.17. The van der Waals surface area contributed by atoms with E-state index in [1.54, 1.807) is 0 Å². The summed E-state index contributed by atoms with van der Waals surface area (Å²) in [4.78, 5) is 11.4. The van der Waals surface area contributed by atoms with E-state index in [1.807, 2.05) is 0 Å². The van der Waals surface area contributed by atoms with Crippen LogP contribution in [-0.2, 0) is 4.79 Å². The molecule has 0 bridgehead atoms. The Bertz CT molecular complexity index is 356. The lowest BCUT2D eigenvalue weighted by Gasteiger charge is -2.09. The minimum atomic E-state index is -0.881. The van der Waals surface area contributed by atoms with Crippen molar-refractivity contribution >= 4 is 11.6 Å². The second-order valence-corrected chi connectivity index (χ2v) is 3.52. The van der Waals surface area contributed by atoms with E-state index in [-0.39, 0.29) is 31.4 Å². The Balaban J connectivity index is 2.27. The molecule has 1 aromatic carbocycles. The molecule has 1 aromatic rings. The minimum absolute atomic E-state index is 0.00837. The molecule has 0 aliphatic rings. The molecule has 5 nitrogen and oxygen atoms in total. The van der Waals surface area contributed by atoms with Crippen molar-refractivity contribution in [1.29, 1.82) is 0 Å². The summed E-state index contributed by atoms with van der Waals surface area (Å²) in [6, 6.07) is 5.41. The lowest BCUT2D eigenvalue weighted by atomic mass is 10.3. The highest BCUT2D eigenvalue weighted by Gasteiger charge is 2.04. The minimum Gasteiger partial charge on any atom is -0.394 e. The molecule has 0 radical (unpaired) electrons. The van der Waals surface area contributed by atoms with Crippen LogP contribution < -0.4 is 10.6 Å². The molecule has 1 amide bonds. The van der Waals surface area contributed by atoms with Crippen molar-refractivity contribution in [3.05, 3.63) is 30.1 Å². The molecule has 1 atom stereocenters. The van der Waals surface area contributed by atoms with E-state index in [4.69, 9.17) is 10.2 Å². The highest BCUT2D eigenvalue weighted by Crippen LogP contribution is 2.07. The Kier molecular flexibility index (Phi) is 5.55. The highest BCUT2D eigenvalue weighted by atomic mass is 19.1. The van der Waals surface area contributed by atoms with Crippen LogP contribution in [0, 0.1) is 5.82 Å². The summed E-state index contributed by atoms with van der Waals surface area (Å²) in [6.07, 6.45) is -0.881. The van der Waals surface area contributed by atoms with E-state index < -0.39 is 6.10 Å². The van der Waals surface area contributed by atoms with Gasteiger partial charge in [-0.3, -0.25) is 4.79 Å². The summed E-state index contributed by atoms with van der Waals surface area (Å²) in [5, 5.41) is 22.8. The van der Waals surface area contributed by atoms with Crippen molar-refractivity contribution in [3.8, 4) is 0 Å². The number of rotatable bonds is 6. The fraction of sp³-hybridized carbons (Fsp3) is 0.364. The Morgan fingerprint density at radius 1 is 1.35 bits per heavy atom. The van der Waals surface area contributed by atoms with Crippen LogP contribution in [0.3, 0.4) is 0 Å². The van der Waals surface area contributed by atoms with Crippen LogP contribution in [0.5, 0.6) is 0 Å². The van der Waals surface area contributed by atoms with Crippen LogP contribution in [-0.4, -0.2) is 41.9 Å². The van der Waals surface area contributed by atoms with Crippen molar-refractivity contribution in [1.82, 2.24) is 5.32 Å². The molecule has 0 aromatic heterocycles. The van der Waals surface area contributed by atoms with Crippen molar-refractivity contribution in [2.75, 3.05) is 25.0 Å². The molecule has 0 saturated carbocycles. The molecule has 0 aliphatic carbocycles. The fourth-order valence-electron chi connectivity index (χ4n) is 1.16. The molecule has 1 rings (SSSR count). The van der Waals surface area contributed by atoms with Crippen molar-refractivity contribution < 1.29 is 19.4 Å². The van der Waals surface area contributed by atoms with Gasteiger partial charge < -0.3 is 20.8 Å². The largest absolute Gasteiger partial charge is 0.394 e. The molecule has 0 saturated heterocycles. The van der Waals surface area contributed by atoms with Crippen LogP contribution in [0.1, 0.15) is 0 Å². The number of nitrogens with one attached hydrogen (secondary N) is 2. The molecular weight excluding hydrogens is 227 g/mol. The van der Waals surface area contributed by atoms with Crippen molar-refractivity contribution in [3.63, 3.8) is 0 Å². The van der Waals surface area contributed by atoms with Gasteiger partial charge in [0.15, 0.2) is 0 Å². The van der Waals surface area contributed by atoms with E-state index in [9.17, 15) is 9.18 Å². The van der Waals surface area contributed by atoms with Gasteiger partial charge in [-0.1, -0.05) is 0 Å².